The highest BCUT2D eigenvalue weighted by Gasteiger charge is 2.09. The quantitative estimate of drug-likeness (QED) is 0.736. The number of methoxy groups -OCH3 is 1. The van der Waals surface area contributed by atoms with Crippen LogP contribution in [0.25, 0.3) is 10.9 Å². The van der Waals surface area contributed by atoms with Gasteiger partial charge < -0.3 is 15.5 Å². The molecule has 0 aliphatic heterocycles. The van der Waals surface area contributed by atoms with Gasteiger partial charge in [-0.1, -0.05) is 23.7 Å². The number of benzene rings is 1. The number of anilines is 1. The molecule has 0 spiro atoms. The Morgan fingerprint density at radius 1 is 1.46 bits per heavy atom. The fraction of sp³-hybridized carbons (Fsp3) is 0.111. The fourth-order valence-electron chi connectivity index (χ4n) is 1.35. The molecule has 0 radical (unpaired) electrons. The number of nitrogen functional groups attached to an aromatic ring is 1. The van der Waals surface area contributed by atoms with Gasteiger partial charge >= 0.3 is 0 Å². The Morgan fingerprint density at radius 3 is 2.92 bits per heavy atom. The summed E-state index contributed by atoms with van der Waals surface area (Å²) in [5.41, 5.74) is 7.15. The van der Waals surface area contributed by atoms with Crippen molar-refractivity contribution in [3.05, 3.63) is 23.4 Å². The van der Waals surface area contributed by atoms with Crippen molar-refractivity contribution in [1.29, 1.82) is 0 Å². The molecule has 4 heteroatoms. The Balaban J connectivity index is 2.84. The van der Waals surface area contributed by atoms with Crippen molar-refractivity contribution >= 4 is 28.2 Å². The number of rotatable bonds is 1. The molecule has 0 aliphatic rings. The molecule has 0 atom stereocenters. The average Bonchev–Trinajstić information content (AvgIpc) is 2.43. The molecule has 1 aromatic heterocycles. The van der Waals surface area contributed by atoms with E-state index >= 15 is 0 Å². The number of nitrogens with one attached hydrogen (secondary N) is 1. The third-order valence-corrected chi connectivity index (χ3v) is 2.31. The number of hydrogen-bond donors (Lipinski definition) is 2. The van der Waals surface area contributed by atoms with Gasteiger partial charge in [-0.05, 0) is 6.07 Å². The van der Waals surface area contributed by atoms with Crippen LogP contribution in [0.4, 0.5) is 5.69 Å². The van der Waals surface area contributed by atoms with E-state index in [1.807, 2.05) is 18.2 Å². The Bertz CT molecular complexity index is 450. The summed E-state index contributed by atoms with van der Waals surface area (Å²) in [6.45, 7) is 0. The predicted molar refractivity (Wildman–Crippen MR) is 54.3 cm³/mol. The molecule has 0 fully saturated rings. The molecule has 0 unspecified atom stereocenters. The van der Waals surface area contributed by atoms with Crippen LogP contribution in [0, 0.1) is 0 Å². The van der Waals surface area contributed by atoms with Gasteiger partial charge in [0.25, 0.3) is 0 Å². The maximum absolute atomic E-state index is 5.84. The van der Waals surface area contributed by atoms with Crippen LogP contribution < -0.4 is 10.5 Å². The van der Waals surface area contributed by atoms with E-state index < -0.39 is 0 Å². The lowest BCUT2D eigenvalue weighted by molar-refractivity contribution is 0.419. The number of ether oxygens (including phenoxy) is 1. The second kappa shape index (κ2) is 2.85. The van der Waals surface area contributed by atoms with Gasteiger partial charge in [0.05, 0.1) is 18.3 Å². The van der Waals surface area contributed by atoms with Crippen molar-refractivity contribution in [2.24, 2.45) is 0 Å². The summed E-state index contributed by atoms with van der Waals surface area (Å²) >= 11 is 5.84. The molecule has 1 heterocycles. The van der Waals surface area contributed by atoms with Crippen LogP contribution >= 0.6 is 11.6 Å². The van der Waals surface area contributed by atoms with Crippen molar-refractivity contribution in [3.63, 3.8) is 0 Å². The largest absolute Gasteiger partial charge is 0.495 e. The summed E-state index contributed by atoms with van der Waals surface area (Å²) in [6, 6.07) is 5.63. The lowest BCUT2D eigenvalue weighted by Gasteiger charge is -1.99. The molecule has 1 aromatic carbocycles. The molecule has 2 rings (SSSR count). The highest BCUT2D eigenvalue weighted by molar-refractivity contribution is 6.34. The number of para-hydroxylation sites is 1. The Labute approximate surface area is 80.4 Å². The van der Waals surface area contributed by atoms with Gasteiger partial charge in [-0.25, -0.2) is 0 Å². The van der Waals surface area contributed by atoms with E-state index in [-0.39, 0.29) is 0 Å². The van der Waals surface area contributed by atoms with E-state index in [1.165, 1.54) is 0 Å². The zero-order chi connectivity index (χ0) is 9.42. The predicted octanol–water partition coefficient (Wildman–Crippen LogP) is 2.41. The van der Waals surface area contributed by atoms with Crippen LogP contribution in [0.15, 0.2) is 18.2 Å². The lowest BCUT2D eigenvalue weighted by atomic mass is 10.2. The number of halogens is 1. The first-order valence-electron chi connectivity index (χ1n) is 3.83. The molecule has 2 aromatic rings. The van der Waals surface area contributed by atoms with Gasteiger partial charge in [-0.3, -0.25) is 0 Å². The molecule has 0 bridgehead atoms. The van der Waals surface area contributed by atoms with Crippen molar-refractivity contribution < 1.29 is 4.74 Å². The van der Waals surface area contributed by atoms with E-state index in [1.54, 1.807) is 7.11 Å². The van der Waals surface area contributed by atoms with Gasteiger partial charge in [-0.15, -0.1) is 0 Å². The minimum absolute atomic E-state index is 0.458. The summed E-state index contributed by atoms with van der Waals surface area (Å²) in [5, 5.41) is 1.35. The van der Waals surface area contributed by atoms with E-state index in [9.17, 15) is 0 Å². The molecular weight excluding hydrogens is 188 g/mol. The molecule has 0 amide bonds. The second-order valence-electron chi connectivity index (χ2n) is 2.74. The minimum Gasteiger partial charge on any atom is -0.495 e. The van der Waals surface area contributed by atoms with E-state index in [2.05, 4.69) is 4.98 Å². The Morgan fingerprint density at radius 2 is 2.23 bits per heavy atom. The first kappa shape index (κ1) is 8.26. The average molecular weight is 197 g/mol. The van der Waals surface area contributed by atoms with Gasteiger partial charge in [0.2, 0.25) is 0 Å². The van der Waals surface area contributed by atoms with Gasteiger partial charge in [0, 0.05) is 5.39 Å². The highest BCUT2D eigenvalue weighted by Crippen LogP contribution is 2.33. The summed E-state index contributed by atoms with van der Waals surface area (Å²) in [6.07, 6.45) is 0. The smallest absolute Gasteiger partial charge is 0.143 e. The van der Waals surface area contributed by atoms with Crippen LogP contribution in [-0.2, 0) is 0 Å². The SMILES string of the molecule is COc1cccc2c(N)c(Cl)[nH]c12. The van der Waals surface area contributed by atoms with Crippen LogP contribution in [-0.4, -0.2) is 12.1 Å². The third kappa shape index (κ3) is 1.12. The molecule has 3 nitrogen and oxygen atoms in total. The van der Waals surface area contributed by atoms with Crippen LogP contribution in [0.2, 0.25) is 5.15 Å². The lowest BCUT2D eigenvalue weighted by Crippen LogP contribution is -1.84. The normalized spacial score (nSPS) is 10.6. The maximum atomic E-state index is 5.84. The number of hydrogen-bond acceptors (Lipinski definition) is 2. The Hall–Kier alpha value is -1.35. The monoisotopic (exact) mass is 196 g/mol. The van der Waals surface area contributed by atoms with Gasteiger partial charge in [0.1, 0.15) is 10.9 Å². The number of H-pyrrole nitrogens is 1. The maximum Gasteiger partial charge on any atom is 0.143 e. The number of aromatic amines is 1. The summed E-state index contributed by atoms with van der Waals surface area (Å²) in [5.74, 6) is 0.746. The zero-order valence-corrected chi connectivity index (χ0v) is 7.85. The van der Waals surface area contributed by atoms with Gasteiger partial charge in [0.15, 0.2) is 0 Å². The van der Waals surface area contributed by atoms with E-state index in [0.29, 0.717) is 10.8 Å². The molecular formula is C9H9ClN2O. The van der Waals surface area contributed by atoms with Gasteiger partial charge in [-0.2, -0.15) is 0 Å². The molecule has 0 aliphatic carbocycles. The Kier molecular flexibility index (Phi) is 1.81. The van der Waals surface area contributed by atoms with Crippen LogP contribution in [0.1, 0.15) is 0 Å². The van der Waals surface area contributed by atoms with Crippen LogP contribution in [0.5, 0.6) is 5.75 Å². The fourth-order valence-corrected chi connectivity index (χ4v) is 1.55. The van der Waals surface area contributed by atoms with Crippen molar-refractivity contribution in [2.45, 2.75) is 0 Å². The standard InChI is InChI=1S/C9H9ClN2O/c1-13-6-4-2-3-5-7(11)9(10)12-8(5)6/h2-4,12H,11H2,1H3. The van der Waals surface area contributed by atoms with Crippen LogP contribution in [0.3, 0.4) is 0 Å². The summed E-state index contributed by atoms with van der Waals surface area (Å²) in [7, 11) is 1.61. The third-order valence-electron chi connectivity index (χ3n) is 2.01. The molecule has 3 N–H and O–H groups in total. The summed E-state index contributed by atoms with van der Waals surface area (Å²) < 4.78 is 5.15. The highest BCUT2D eigenvalue weighted by atomic mass is 35.5. The van der Waals surface area contributed by atoms with Crippen molar-refractivity contribution in [2.75, 3.05) is 12.8 Å². The van der Waals surface area contributed by atoms with Crippen molar-refractivity contribution in [1.82, 2.24) is 4.98 Å². The first-order chi connectivity index (χ1) is 6.24. The van der Waals surface area contributed by atoms with E-state index in [0.717, 1.165) is 16.7 Å². The molecule has 0 saturated heterocycles. The minimum atomic E-state index is 0.458. The van der Waals surface area contributed by atoms with Crippen molar-refractivity contribution in [3.8, 4) is 5.75 Å². The molecule has 0 saturated carbocycles. The zero-order valence-electron chi connectivity index (χ0n) is 7.10. The van der Waals surface area contributed by atoms with E-state index in [4.69, 9.17) is 22.1 Å². The molecule has 68 valence electrons. The first-order valence-corrected chi connectivity index (χ1v) is 4.21. The second-order valence-corrected chi connectivity index (χ2v) is 3.11. The molecule has 13 heavy (non-hydrogen) atoms. The topological polar surface area (TPSA) is 51.0 Å². The summed E-state index contributed by atoms with van der Waals surface area (Å²) in [4.78, 5) is 2.96. The number of nitrogens with two attached hydrogens (primary N) is 1. The number of aromatic nitrogens is 1. The number of fused-ring (bicyclic) bond motifs is 1.